The molecule has 0 saturated carbocycles. The first kappa shape index (κ1) is 16.3. The normalized spacial score (nSPS) is 9.89. The van der Waals surface area contributed by atoms with Crippen molar-refractivity contribution in [3.63, 3.8) is 0 Å². The number of fused-ring (bicyclic) bond motifs is 6. The zero-order valence-corrected chi connectivity index (χ0v) is 15.2. The first-order chi connectivity index (χ1) is 7.95. The fraction of sp³-hybridized carbons (Fsp3) is 0. The minimum atomic E-state index is 0. The van der Waals surface area contributed by atoms with E-state index in [4.69, 9.17) is 0 Å². The molecule has 3 heterocycles. The van der Waals surface area contributed by atoms with Crippen LogP contribution in [0.25, 0.3) is 22.3 Å². The first-order valence-electron chi connectivity index (χ1n) is 4.77. The van der Waals surface area contributed by atoms with Gasteiger partial charge in [0, 0.05) is 52.8 Å². The molecular weight excluding hydrogens is 497 g/mol. The van der Waals surface area contributed by atoms with Crippen molar-refractivity contribution in [1.82, 2.24) is 29.2 Å². The maximum atomic E-state index is 4.22. The van der Waals surface area contributed by atoms with Gasteiger partial charge in [-0.05, 0) is 5.52 Å². The maximum Gasteiger partial charge on any atom is 0.241 e. The van der Waals surface area contributed by atoms with Crippen LogP contribution in [0.2, 0.25) is 0 Å². The van der Waals surface area contributed by atoms with Crippen LogP contribution in [-0.4, -0.2) is 29.2 Å². The van der Waals surface area contributed by atoms with Crippen LogP contribution in [0, 0.1) is 13.5 Å². The summed E-state index contributed by atoms with van der Waals surface area (Å²) in [4.78, 5) is 4.22. The van der Waals surface area contributed by atoms with E-state index in [-0.39, 0.29) is 60.2 Å². The predicted octanol–water partition coefficient (Wildman–Crippen LogP) is 1.17. The van der Waals surface area contributed by atoms with Crippen molar-refractivity contribution >= 4 is 22.3 Å². The van der Waals surface area contributed by atoms with Gasteiger partial charge in [-0.3, -0.25) is 4.98 Å². The van der Waals surface area contributed by atoms with E-state index in [1.54, 1.807) is 10.8 Å². The smallest absolute Gasteiger partial charge is 0.241 e. The molecule has 8 heteroatoms. The summed E-state index contributed by atoms with van der Waals surface area (Å²) in [6.07, 6.45) is 3.16. The Morgan fingerprint density at radius 1 is 1.26 bits per heavy atom. The van der Waals surface area contributed by atoms with Gasteiger partial charge in [0.2, 0.25) is 5.78 Å². The molecule has 2 radical (unpaired) electrons. The average Bonchev–Trinajstić information content (AvgIpc) is 2.98. The molecule has 0 saturated heterocycles. The molecule has 0 spiro atoms. The predicted molar refractivity (Wildman–Crippen MR) is 62.3 cm³/mol. The minimum Gasteiger partial charge on any atom is -0.358 e. The average molecular weight is 505 g/mol. The van der Waals surface area contributed by atoms with Crippen molar-refractivity contribution in [2.75, 3.05) is 0 Å². The second-order valence-electron chi connectivity index (χ2n) is 3.43. The van der Waals surface area contributed by atoms with Gasteiger partial charge < -0.3 is 11.8 Å². The second kappa shape index (κ2) is 6.14. The van der Waals surface area contributed by atoms with Crippen molar-refractivity contribution in [3.8, 4) is 0 Å². The number of benzene rings is 1. The van der Waals surface area contributed by atoms with E-state index in [0.29, 0.717) is 5.78 Å². The summed E-state index contributed by atoms with van der Waals surface area (Å²) < 4.78 is 3.53. The number of nitrogens with zero attached hydrogens (tertiary/aromatic N) is 6. The summed E-state index contributed by atoms with van der Waals surface area (Å²) in [5, 5.41) is 13.0. The van der Waals surface area contributed by atoms with Gasteiger partial charge in [-0.1, -0.05) is 5.39 Å². The molecule has 0 bridgehead atoms. The molecule has 96 valence electrons. The Bertz CT molecular complexity index is 755. The van der Waals surface area contributed by atoms with Crippen LogP contribution >= 0.6 is 0 Å². The summed E-state index contributed by atoms with van der Waals surface area (Å²) in [7, 11) is 0. The minimum absolute atomic E-state index is 0. The van der Waals surface area contributed by atoms with E-state index in [1.165, 1.54) is 6.33 Å². The molecule has 0 unspecified atom stereocenters. The van der Waals surface area contributed by atoms with Crippen LogP contribution < -0.4 is 0 Å². The molecule has 0 atom stereocenters. The molecule has 3 aromatic heterocycles. The molecule has 4 rings (SSSR count). The molecule has 1 aromatic carbocycles. The molecule has 0 aliphatic carbocycles. The maximum absolute atomic E-state index is 4.22. The van der Waals surface area contributed by atoms with E-state index in [2.05, 4.69) is 26.3 Å². The molecule has 19 heavy (non-hydrogen) atoms. The van der Waals surface area contributed by atoms with Gasteiger partial charge in [0.25, 0.3) is 0 Å². The van der Waals surface area contributed by atoms with E-state index < -0.39 is 0 Å². The Hall–Kier alpha value is -0.747. The molecule has 6 nitrogen and oxygen atoms in total. The largest absolute Gasteiger partial charge is 0.358 e. The van der Waals surface area contributed by atoms with Gasteiger partial charge in [-0.25, -0.2) is 4.52 Å². The summed E-state index contributed by atoms with van der Waals surface area (Å²) >= 11 is 0. The van der Waals surface area contributed by atoms with Gasteiger partial charge >= 0.3 is 0 Å². The zero-order valence-electron chi connectivity index (χ0n) is 9.98. The molecule has 0 aliphatic heterocycles. The van der Waals surface area contributed by atoms with Crippen molar-refractivity contribution in [3.05, 3.63) is 44.3 Å². The molecule has 0 N–H and O–H groups in total. The summed E-state index contributed by atoms with van der Waals surface area (Å²) in [6.45, 7) is 0. The Morgan fingerprint density at radius 2 is 2.11 bits per heavy atom. The van der Waals surface area contributed by atoms with Crippen molar-refractivity contribution in [1.29, 1.82) is 0 Å². The number of rotatable bonds is 0. The summed E-state index contributed by atoms with van der Waals surface area (Å²) in [5.74, 6) is 0.652. The van der Waals surface area contributed by atoms with E-state index >= 15 is 0 Å². The topological polar surface area (TPSA) is 60.4 Å². The van der Waals surface area contributed by atoms with Gasteiger partial charge in [-0.15, -0.1) is 34.5 Å². The SMILES string of the molecule is [CH3-].[Ir].[Y].[c-]1cccc2c1c1ncnn1c1nncn21. The van der Waals surface area contributed by atoms with Crippen molar-refractivity contribution in [2.45, 2.75) is 0 Å². The zero-order chi connectivity index (χ0) is 10.5. The second-order valence-corrected chi connectivity index (χ2v) is 3.43. The van der Waals surface area contributed by atoms with Gasteiger partial charge in [0.1, 0.15) is 12.7 Å². The van der Waals surface area contributed by atoms with Gasteiger partial charge in [-0.2, -0.15) is 5.10 Å². The van der Waals surface area contributed by atoms with Crippen LogP contribution in [0.1, 0.15) is 0 Å². The van der Waals surface area contributed by atoms with Crippen LogP contribution in [0.3, 0.4) is 0 Å². The third-order valence-electron chi connectivity index (χ3n) is 2.58. The fourth-order valence-electron chi connectivity index (χ4n) is 1.91. The van der Waals surface area contributed by atoms with Gasteiger partial charge in [0.05, 0.1) is 5.65 Å². The van der Waals surface area contributed by atoms with Gasteiger partial charge in [0.15, 0.2) is 0 Å². The van der Waals surface area contributed by atoms with Crippen LogP contribution in [-0.2, 0) is 52.8 Å². The Balaban J connectivity index is 0.000000602. The first-order valence-corrected chi connectivity index (χ1v) is 4.77. The summed E-state index contributed by atoms with van der Waals surface area (Å²) in [6, 6.07) is 8.92. The Labute approximate surface area is 147 Å². The third-order valence-corrected chi connectivity index (χ3v) is 2.58. The van der Waals surface area contributed by atoms with Crippen molar-refractivity contribution in [2.24, 2.45) is 0 Å². The van der Waals surface area contributed by atoms with Crippen molar-refractivity contribution < 1.29 is 52.8 Å². The summed E-state index contributed by atoms with van der Waals surface area (Å²) in [5.41, 5.74) is 1.72. The molecular formula is C11H8IrN6Y-2. The Morgan fingerprint density at radius 3 is 2.95 bits per heavy atom. The van der Waals surface area contributed by atoms with Crippen LogP contribution in [0.15, 0.2) is 30.9 Å². The quantitative estimate of drug-likeness (QED) is 0.337. The third kappa shape index (κ3) is 2.25. The number of aromatic nitrogens is 6. The molecule has 0 aliphatic rings. The number of hydrogen-bond donors (Lipinski definition) is 0. The molecule has 0 fully saturated rings. The number of hydrogen-bond acceptors (Lipinski definition) is 4. The monoisotopic (exact) mass is 506 g/mol. The molecule has 4 aromatic rings. The molecule has 0 amide bonds. The van der Waals surface area contributed by atoms with E-state index in [9.17, 15) is 0 Å². The standard InChI is InChI=1S/C10H5N6.CH3.Ir.Y/c1-2-4-8-7(3-1)9-11-5-13-16(9)10-14-12-6-15(8)10;;;/h1-2,4-6H;1H3;;/q2*-1;;. The van der Waals surface area contributed by atoms with E-state index in [0.717, 1.165) is 16.6 Å². The van der Waals surface area contributed by atoms with Crippen LogP contribution in [0.4, 0.5) is 0 Å². The van der Waals surface area contributed by atoms with Crippen LogP contribution in [0.5, 0.6) is 0 Å². The van der Waals surface area contributed by atoms with E-state index in [1.807, 2.05) is 22.6 Å². The fourth-order valence-corrected chi connectivity index (χ4v) is 1.91. The Kier molecular flexibility index (Phi) is 5.27.